The van der Waals surface area contributed by atoms with E-state index >= 15 is 0 Å². The van der Waals surface area contributed by atoms with Crippen LogP contribution in [0.3, 0.4) is 0 Å². The van der Waals surface area contributed by atoms with E-state index in [1.54, 1.807) is 23.7 Å². The lowest BCUT2D eigenvalue weighted by molar-refractivity contribution is 1.04. The largest absolute Gasteiger partial charge is 0.397 e. The predicted molar refractivity (Wildman–Crippen MR) is 54.5 cm³/mol. The molecule has 2 rings (SSSR count). The average Bonchev–Trinajstić information content (AvgIpc) is 2.53. The van der Waals surface area contributed by atoms with E-state index in [1.807, 2.05) is 6.07 Å². The van der Waals surface area contributed by atoms with Crippen molar-refractivity contribution in [2.24, 2.45) is 0 Å². The molecule has 0 saturated carbocycles. The van der Waals surface area contributed by atoms with E-state index in [2.05, 4.69) is 23.2 Å². The van der Waals surface area contributed by atoms with Crippen molar-refractivity contribution in [3.63, 3.8) is 0 Å². The highest BCUT2D eigenvalue weighted by Gasteiger charge is 2.04. The smallest absolute Gasteiger partial charge is 0.0732 e. The van der Waals surface area contributed by atoms with Crippen molar-refractivity contribution < 1.29 is 0 Å². The molecule has 4 heteroatoms. The first-order chi connectivity index (χ1) is 6.27. The molecule has 0 aliphatic carbocycles. The number of rotatable bonds is 1. The van der Waals surface area contributed by atoms with E-state index in [1.165, 1.54) is 4.88 Å². The van der Waals surface area contributed by atoms with Gasteiger partial charge in [0.05, 0.1) is 18.1 Å². The Morgan fingerprint density at radius 3 is 2.62 bits per heavy atom. The maximum atomic E-state index is 5.77. The van der Waals surface area contributed by atoms with Gasteiger partial charge < -0.3 is 5.73 Å². The van der Waals surface area contributed by atoms with Crippen LogP contribution >= 0.6 is 11.3 Å². The van der Waals surface area contributed by atoms with Gasteiger partial charge in [0.15, 0.2) is 0 Å². The Kier molecular flexibility index (Phi) is 1.98. The summed E-state index contributed by atoms with van der Waals surface area (Å²) in [5, 5.41) is 7.51. The molecule has 0 atom stereocenters. The molecule has 3 nitrogen and oxygen atoms in total. The van der Waals surface area contributed by atoms with Crippen LogP contribution in [0.2, 0.25) is 0 Å². The first kappa shape index (κ1) is 8.19. The van der Waals surface area contributed by atoms with Crippen LogP contribution < -0.4 is 5.73 Å². The Hall–Kier alpha value is -1.42. The molecule has 0 spiro atoms. The Morgan fingerprint density at radius 1 is 1.23 bits per heavy atom. The van der Waals surface area contributed by atoms with E-state index in [0.717, 1.165) is 10.4 Å². The molecule has 13 heavy (non-hydrogen) atoms. The predicted octanol–water partition coefficient (Wildman–Crippen LogP) is 2.10. The quantitative estimate of drug-likeness (QED) is 0.751. The monoisotopic (exact) mass is 191 g/mol. The van der Waals surface area contributed by atoms with Crippen LogP contribution in [-0.2, 0) is 0 Å². The van der Waals surface area contributed by atoms with E-state index in [0.29, 0.717) is 5.69 Å². The molecule has 0 radical (unpaired) electrons. The van der Waals surface area contributed by atoms with Crippen LogP contribution in [0.25, 0.3) is 10.4 Å². The van der Waals surface area contributed by atoms with Gasteiger partial charge in [0, 0.05) is 15.3 Å². The zero-order valence-corrected chi connectivity index (χ0v) is 8.01. The minimum Gasteiger partial charge on any atom is -0.397 e. The van der Waals surface area contributed by atoms with Gasteiger partial charge in [-0.3, -0.25) is 0 Å². The van der Waals surface area contributed by atoms with Crippen LogP contribution in [0.15, 0.2) is 24.5 Å². The zero-order chi connectivity index (χ0) is 9.26. The van der Waals surface area contributed by atoms with Gasteiger partial charge in [-0.25, -0.2) is 0 Å². The van der Waals surface area contributed by atoms with Crippen molar-refractivity contribution in [3.05, 3.63) is 29.4 Å². The third kappa shape index (κ3) is 1.53. The summed E-state index contributed by atoms with van der Waals surface area (Å²) in [6.45, 7) is 2.07. The van der Waals surface area contributed by atoms with Crippen molar-refractivity contribution >= 4 is 17.0 Å². The van der Waals surface area contributed by atoms with E-state index < -0.39 is 0 Å². The van der Waals surface area contributed by atoms with Crippen LogP contribution in [0.5, 0.6) is 0 Å². The number of aromatic nitrogens is 2. The minimum absolute atomic E-state index is 0.678. The SMILES string of the molecule is Cc1ccc(-c2cnncc2N)s1. The standard InChI is InChI=1S/C9H9N3S/c1-6-2-3-9(13-6)7-4-11-12-5-8(7)10/h2-5H,1H3,(H2,10,11). The third-order valence-corrected chi connectivity index (χ3v) is 2.80. The van der Waals surface area contributed by atoms with E-state index in [9.17, 15) is 0 Å². The van der Waals surface area contributed by atoms with Crippen molar-refractivity contribution in [3.8, 4) is 10.4 Å². The maximum absolute atomic E-state index is 5.77. The van der Waals surface area contributed by atoms with Gasteiger partial charge in [-0.05, 0) is 19.1 Å². The average molecular weight is 191 g/mol. The van der Waals surface area contributed by atoms with Crippen LogP contribution in [0, 0.1) is 6.92 Å². The summed E-state index contributed by atoms with van der Waals surface area (Å²) in [5.41, 5.74) is 7.41. The van der Waals surface area contributed by atoms with Gasteiger partial charge >= 0.3 is 0 Å². The lowest BCUT2D eigenvalue weighted by Crippen LogP contribution is -1.91. The maximum Gasteiger partial charge on any atom is 0.0732 e. The first-order valence-electron chi connectivity index (χ1n) is 3.90. The molecule has 2 heterocycles. The number of aryl methyl sites for hydroxylation is 1. The number of nitrogens with two attached hydrogens (primary N) is 1. The molecular formula is C9H9N3S. The molecule has 0 amide bonds. The first-order valence-corrected chi connectivity index (χ1v) is 4.72. The second-order valence-electron chi connectivity index (χ2n) is 2.77. The Bertz CT molecular complexity index is 422. The molecule has 0 aliphatic rings. The second kappa shape index (κ2) is 3.14. The summed E-state index contributed by atoms with van der Waals surface area (Å²) in [4.78, 5) is 2.41. The number of hydrogen-bond donors (Lipinski definition) is 1. The van der Waals surface area contributed by atoms with Gasteiger partial charge in [0.1, 0.15) is 0 Å². The molecular weight excluding hydrogens is 182 g/mol. The fourth-order valence-corrected chi connectivity index (χ4v) is 2.02. The summed E-state index contributed by atoms with van der Waals surface area (Å²) < 4.78 is 0. The molecule has 66 valence electrons. The minimum atomic E-state index is 0.678. The second-order valence-corrected chi connectivity index (χ2v) is 4.06. The molecule has 0 saturated heterocycles. The summed E-state index contributed by atoms with van der Waals surface area (Å²) >= 11 is 1.71. The number of hydrogen-bond acceptors (Lipinski definition) is 4. The fraction of sp³-hybridized carbons (Fsp3) is 0.111. The molecule has 0 aromatic carbocycles. The van der Waals surface area contributed by atoms with Crippen molar-refractivity contribution in [1.82, 2.24) is 10.2 Å². The summed E-state index contributed by atoms with van der Waals surface area (Å²) in [6.07, 6.45) is 3.27. The highest BCUT2D eigenvalue weighted by molar-refractivity contribution is 7.15. The zero-order valence-electron chi connectivity index (χ0n) is 7.19. The van der Waals surface area contributed by atoms with Crippen molar-refractivity contribution in [2.45, 2.75) is 6.92 Å². The molecule has 2 aromatic rings. The van der Waals surface area contributed by atoms with Gasteiger partial charge in [0.25, 0.3) is 0 Å². The molecule has 2 aromatic heterocycles. The molecule has 2 N–H and O–H groups in total. The van der Waals surface area contributed by atoms with Crippen molar-refractivity contribution in [2.75, 3.05) is 5.73 Å². The lowest BCUT2D eigenvalue weighted by atomic mass is 10.2. The summed E-state index contributed by atoms with van der Waals surface area (Å²) in [6, 6.07) is 4.12. The number of thiophene rings is 1. The lowest BCUT2D eigenvalue weighted by Gasteiger charge is -1.98. The third-order valence-electron chi connectivity index (χ3n) is 1.77. The van der Waals surface area contributed by atoms with Crippen LogP contribution in [-0.4, -0.2) is 10.2 Å². The number of anilines is 1. The number of nitrogen functional groups attached to an aromatic ring is 1. The highest BCUT2D eigenvalue weighted by Crippen LogP contribution is 2.30. The Labute approximate surface area is 80.2 Å². The molecule has 0 bridgehead atoms. The van der Waals surface area contributed by atoms with E-state index in [-0.39, 0.29) is 0 Å². The van der Waals surface area contributed by atoms with Crippen molar-refractivity contribution in [1.29, 1.82) is 0 Å². The molecule has 0 fully saturated rings. The van der Waals surface area contributed by atoms with Gasteiger partial charge in [0.2, 0.25) is 0 Å². The normalized spacial score (nSPS) is 10.2. The highest BCUT2D eigenvalue weighted by atomic mass is 32.1. The van der Waals surface area contributed by atoms with Crippen LogP contribution in [0.1, 0.15) is 4.88 Å². The summed E-state index contributed by atoms with van der Waals surface area (Å²) in [5.74, 6) is 0. The number of nitrogens with zero attached hydrogens (tertiary/aromatic N) is 2. The van der Waals surface area contributed by atoms with Crippen LogP contribution in [0.4, 0.5) is 5.69 Å². The van der Waals surface area contributed by atoms with Gasteiger partial charge in [-0.1, -0.05) is 0 Å². The van der Waals surface area contributed by atoms with E-state index in [4.69, 9.17) is 5.73 Å². The topological polar surface area (TPSA) is 51.8 Å². The molecule has 0 unspecified atom stereocenters. The summed E-state index contributed by atoms with van der Waals surface area (Å²) in [7, 11) is 0. The fourth-order valence-electron chi connectivity index (χ4n) is 1.12. The Balaban J connectivity index is 2.52. The van der Waals surface area contributed by atoms with Gasteiger partial charge in [-0.2, -0.15) is 10.2 Å². The molecule has 0 aliphatic heterocycles. The Morgan fingerprint density at radius 2 is 2.00 bits per heavy atom. The van der Waals surface area contributed by atoms with Gasteiger partial charge in [-0.15, -0.1) is 11.3 Å².